The van der Waals surface area contributed by atoms with E-state index in [0.717, 1.165) is 25.8 Å². The van der Waals surface area contributed by atoms with Crippen molar-refractivity contribution in [2.45, 2.75) is 212 Å². The average Bonchev–Trinajstić information content (AvgIpc) is 3.34. The van der Waals surface area contributed by atoms with Crippen molar-refractivity contribution < 1.29 is 80.8 Å². The molecule has 0 aromatic heterocycles. The highest BCUT2D eigenvalue weighted by Gasteiger charge is 2.56. The number of likely N-dealkylation sites (N-methyl/N-ethyl adjacent to an activating group) is 1. The van der Waals surface area contributed by atoms with E-state index < -0.39 is 121 Å². The molecule has 0 N–H and O–H groups in total. The minimum absolute atomic E-state index is 0.0148. The lowest BCUT2D eigenvalue weighted by Gasteiger charge is -2.51. The maximum Gasteiger partial charge on any atom is 0.309 e. The van der Waals surface area contributed by atoms with Gasteiger partial charge in [-0.3, -0.25) is 24.0 Å². The Morgan fingerprint density at radius 3 is 2.05 bits per heavy atom. The predicted molar refractivity (Wildman–Crippen MR) is 275 cm³/mol. The van der Waals surface area contributed by atoms with Crippen LogP contribution in [0.5, 0.6) is 0 Å². The first-order chi connectivity index (χ1) is 35.6. The summed E-state index contributed by atoms with van der Waals surface area (Å²) in [6, 6.07) is 9.65. The minimum Gasteiger partial charge on any atom is -0.463 e. The van der Waals surface area contributed by atoms with Crippen LogP contribution in [-0.2, 0) is 87.2 Å². The summed E-state index contributed by atoms with van der Waals surface area (Å²) in [4.78, 5) is 67.6. The fourth-order valence-corrected chi connectivity index (χ4v) is 10.7. The van der Waals surface area contributed by atoms with Crippen molar-refractivity contribution in [3.05, 3.63) is 35.9 Å². The number of benzene rings is 1. The van der Waals surface area contributed by atoms with E-state index in [2.05, 4.69) is 48.3 Å². The number of hydrogen-bond donors (Lipinski definition) is 0. The first-order valence-electron chi connectivity index (χ1n) is 26.9. The maximum absolute atomic E-state index is 14.1. The average molecular weight is 1070 g/mol. The lowest BCUT2D eigenvalue weighted by atomic mass is 9.82. The third kappa shape index (κ3) is 19.2. The van der Waals surface area contributed by atoms with Gasteiger partial charge in [0.05, 0.1) is 30.8 Å². The first kappa shape index (κ1) is 63.7. The van der Waals surface area contributed by atoms with E-state index in [1.54, 1.807) is 48.8 Å². The highest BCUT2D eigenvalue weighted by atomic mass is 16.7. The van der Waals surface area contributed by atoms with Crippen molar-refractivity contribution in [3.63, 3.8) is 0 Å². The Hall–Kier alpha value is -3.83. The number of rotatable bonds is 21. The number of methoxy groups -OCH3 is 3. The molecule has 3 aliphatic rings. The van der Waals surface area contributed by atoms with Crippen LogP contribution in [-0.4, -0.2) is 192 Å². The number of aryl methyl sites for hydroxylation is 1. The summed E-state index contributed by atoms with van der Waals surface area (Å²) >= 11 is 0. The SMILES string of the molecule is CCC(=O)O[C@@H]1CC(=O)O[C@H](C)CCN(N(C)CCCc2ccccc2)CC[C@H](C)C[C@H](CC(OC)OC)[C@H](O[C@@H]2O[C@H](C)[C@@H](O[C@H]3C[C@@](C)(OC(C)=O)[C@@H](OC(=O)CC)[C@H](C)O3)[C@H](N(C)C)[C@H]2OC(C)=O)[C@H]1OC. The van der Waals surface area contributed by atoms with E-state index in [9.17, 15) is 24.0 Å². The van der Waals surface area contributed by atoms with Gasteiger partial charge < -0.3 is 61.7 Å². The molecule has 1 aromatic carbocycles. The fraction of sp³-hybridized carbons (Fsp3) is 0.800. The molecule has 3 heterocycles. The summed E-state index contributed by atoms with van der Waals surface area (Å²) in [7, 11) is 10.3. The number of esters is 5. The van der Waals surface area contributed by atoms with E-state index in [1.165, 1.54) is 26.5 Å². The van der Waals surface area contributed by atoms with Crippen molar-refractivity contribution in [1.29, 1.82) is 0 Å². The lowest BCUT2D eigenvalue weighted by Crippen LogP contribution is -2.67. The van der Waals surface area contributed by atoms with Crippen LogP contribution in [0.25, 0.3) is 0 Å². The number of ether oxygens (including phenoxy) is 12. The second-order valence-corrected chi connectivity index (χ2v) is 20.9. The summed E-state index contributed by atoms with van der Waals surface area (Å²) in [5.41, 5.74) is -0.0545. The molecular weight excluding hydrogens is 975 g/mol. The lowest BCUT2D eigenvalue weighted by molar-refractivity contribution is -0.346. The van der Waals surface area contributed by atoms with Crippen LogP contribution in [0.4, 0.5) is 0 Å². The normalized spacial score (nSPS) is 32.7. The van der Waals surface area contributed by atoms with Crippen LogP contribution in [0.15, 0.2) is 30.3 Å². The van der Waals surface area contributed by atoms with Crippen LogP contribution in [0.1, 0.15) is 126 Å². The molecule has 0 unspecified atom stereocenters. The van der Waals surface area contributed by atoms with Crippen LogP contribution in [0.3, 0.4) is 0 Å². The number of nitrogens with zero attached hydrogens (tertiary/aromatic N) is 3. The number of carbonyl (C=O) groups is 5. The summed E-state index contributed by atoms with van der Waals surface area (Å²) in [5.74, 6) is -3.25. The molecule has 20 nitrogen and oxygen atoms in total. The number of carbonyl (C=O) groups excluding carboxylic acids is 5. The summed E-state index contributed by atoms with van der Waals surface area (Å²) in [5, 5.41) is 4.58. The molecule has 0 aliphatic carbocycles. The standard InChI is InChI=1S/C55H91N3O17/c1-16-43(61)71-42-32-45(63)67-35(4)26-29-58(57(12)27-21-24-40-22-19-18-20-23-40)28-25-34(3)30-41(31-46(64-13)65-14)50(51(42)66-15)74-54-52(70-38(7)59)48(56(10)11)49(36(5)69-54)73-47-33-55(9,75-39(8)60)53(37(6)68-47)72-44(62)17-2/h18-20,22-23,34-37,41-42,46-54H,16-17,21,24-33H2,1-15H3/t34-,35+,36+,37-,41+,42+,47-,48-,49+,50-,51-,52+,53-,54-,55+/m0/s1. The van der Waals surface area contributed by atoms with Crippen LogP contribution in [0, 0.1) is 11.8 Å². The molecule has 428 valence electrons. The Bertz CT molecular complexity index is 1910. The third-order valence-electron chi connectivity index (χ3n) is 14.5. The van der Waals surface area contributed by atoms with E-state index in [4.69, 9.17) is 56.8 Å². The first-order valence-corrected chi connectivity index (χ1v) is 26.9. The summed E-state index contributed by atoms with van der Waals surface area (Å²) < 4.78 is 75.2. The number of hydrogen-bond acceptors (Lipinski definition) is 20. The van der Waals surface area contributed by atoms with E-state index in [-0.39, 0.29) is 38.0 Å². The topological polar surface area (TPSA) is 206 Å². The largest absolute Gasteiger partial charge is 0.463 e. The Morgan fingerprint density at radius 1 is 0.800 bits per heavy atom. The number of hydrazine groups is 1. The van der Waals surface area contributed by atoms with Gasteiger partial charge in [-0.15, -0.1) is 0 Å². The van der Waals surface area contributed by atoms with Crippen molar-refractivity contribution in [2.24, 2.45) is 11.8 Å². The zero-order valence-corrected chi connectivity index (χ0v) is 47.5. The highest BCUT2D eigenvalue weighted by molar-refractivity contribution is 5.73. The molecule has 0 radical (unpaired) electrons. The molecule has 0 spiro atoms. The van der Waals surface area contributed by atoms with Gasteiger partial charge in [0, 0.05) is 87.5 Å². The van der Waals surface area contributed by atoms with Gasteiger partial charge in [-0.1, -0.05) is 51.1 Å². The summed E-state index contributed by atoms with van der Waals surface area (Å²) in [6.07, 6.45) is -7.56. The molecule has 3 saturated heterocycles. The minimum atomic E-state index is -1.33. The smallest absolute Gasteiger partial charge is 0.309 e. The Balaban J connectivity index is 1.78. The zero-order chi connectivity index (χ0) is 55.6. The second-order valence-electron chi connectivity index (χ2n) is 20.9. The van der Waals surface area contributed by atoms with Crippen molar-refractivity contribution >= 4 is 29.8 Å². The van der Waals surface area contributed by atoms with Gasteiger partial charge in [-0.05, 0) is 91.3 Å². The molecule has 1 aromatic rings. The quantitative estimate of drug-likeness (QED) is 0.0783. The van der Waals surface area contributed by atoms with E-state index in [0.29, 0.717) is 25.9 Å². The van der Waals surface area contributed by atoms with E-state index >= 15 is 0 Å². The molecule has 3 aliphatic heterocycles. The maximum atomic E-state index is 14.1. The van der Waals surface area contributed by atoms with Crippen LogP contribution in [0.2, 0.25) is 0 Å². The molecule has 15 atom stereocenters. The highest BCUT2D eigenvalue weighted by Crippen LogP contribution is 2.40. The molecule has 4 rings (SSSR count). The van der Waals surface area contributed by atoms with Gasteiger partial charge in [0.15, 0.2) is 36.7 Å². The monoisotopic (exact) mass is 1070 g/mol. The van der Waals surface area contributed by atoms with Gasteiger partial charge in [-0.25, -0.2) is 10.0 Å². The Morgan fingerprint density at radius 2 is 1.45 bits per heavy atom. The van der Waals surface area contributed by atoms with Crippen molar-refractivity contribution in [2.75, 3.05) is 62.1 Å². The molecule has 0 saturated carbocycles. The van der Waals surface area contributed by atoms with Gasteiger partial charge in [0.2, 0.25) is 0 Å². The van der Waals surface area contributed by atoms with Gasteiger partial charge in [-0.2, -0.15) is 0 Å². The Kier molecular flexibility index (Phi) is 26.3. The molecular formula is C55H91N3O17. The Labute approximate surface area is 446 Å². The molecule has 0 bridgehead atoms. The molecule has 20 heteroatoms. The fourth-order valence-electron chi connectivity index (χ4n) is 10.7. The molecule has 3 fully saturated rings. The third-order valence-corrected chi connectivity index (χ3v) is 14.5. The summed E-state index contributed by atoms with van der Waals surface area (Å²) in [6.45, 7) is 17.3. The number of cyclic esters (lactones) is 1. The van der Waals surface area contributed by atoms with Gasteiger partial charge >= 0.3 is 29.8 Å². The van der Waals surface area contributed by atoms with E-state index in [1.807, 2.05) is 32.0 Å². The van der Waals surface area contributed by atoms with Crippen LogP contribution < -0.4 is 0 Å². The molecule has 75 heavy (non-hydrogen) atoms. The van der Waals surface area contributed by atoms with Crippen molar-refractivity contribution in [3.8, 4) is 0 Å². The molecule has 0 amide bonds. The van der Waals surface area contributed by atoms with Crippen LogP contribution >= 0.6 is 0 Å². The van der Waals surface area contributed by atoms with Gasteiger partial charge in [0.1, 0.15) is 24.4 Å². The van der Waals surface area contributed by atoms with Crippen molar-refractivity contribution in [1.82, 2.24) is 14.9 Å². The van der Waals surface area contributed by atoms with Gasteiger partial charge in [0.25, 0.3) is 0 Å². The zero-order valence-electron chi connectivity index (χ0n) is 47.5. The second kappa shape index (κ2) is 30.9. The predicted octanol–water partition coefficient (Wildman–Crippen LogP) is 6.03.